The molecule has 2 rings (SSSR count). The average Bonchev–Trinajstić information content (AvgIpc) is 2.84. The molecule has 0 aliphatic heterocycles. The van der Waals surface area contributed by atoms with Crippen molar-refractivity contribution in [2.24, 2.45) is 0 Å². The van der Waals surface area contributed by atoms with Gasteiger partial charge >= 0.3 is 5.97 Å². The Morgan fingerprint density at radius 3 is 1.59 bits per heavy atom. The summed E-state index contributed by atoms with van der Waals surface area (Å²) in [5, 5.41) is 21.8. The van der Waals surface area contributed by atoms with E-state index in [4.69, 9.17) is 0 Å². The average molecular weight is 469 g/mol. The van der Waals surface area contributed by atoms with Gasteiger partial charge in [0.1, 0.15) is 11.3 Å². The van der Waals surface area contributed by atoms with E-state index in [2.05, 4.69) is 6.92 Å². The first-order chi connectivity index (χ1) is 16.6. The number of hydrogen-bond acceptors (Lipinski definition) is 2. The van der Waals surface area contributed by atoms with E-state index in [0.717, 1.165) is 35.6 Å². The van der Waals surface area contributed by atoms with Crippen molar-refractivity contribution in [3.63, 3.8) is 0 Å². The molecule has 0 fully saturated rings. The lowest BCUT2D eigenvalue weighted by Crippen LogP contribution is -2.00. The predicted octanol–water partition coefficient (Wildman–Crippen LogP) is 9.83. The fraction of sp³-hybridized carbons (Fsp3) is 0.645. The highest BCUT2D eigenvalue weighted by atomic mass is 16.4. The van der Waals surface area contributed by atoms with Crippen LogP contribution in [0.3, 0.4) is 0 Å². The number of carboxylic acid groups (broad SMARTS) is 1. The number of unbranched alkanes of at least 4 members (excludes halogenated alkanes) is 17. The predicted molar refractivity (Wildman–Crippen MR) is 145 cm³/mol. The maximum atomic E-state index is 11.5. The Morgan fingerprint density at radius 1 is 0.676 bits per heavy atom. The molecule has 0 saturated heterocycles. The standard InChI is InChI=1S/C31H48O3/c1-2-3-4-5-6-7-8-9-10-11-12-13-14-15-16-17-18-19-24-28-27-23-21-20-22-26(27)25-29(30(28)32)31(33)34/h20-23,25,32H,2-19,24H2,1H3,(H,33,34). The number of aromatic carboxylic acids is 1. The number of fused-ring (bicyclic) bond motifs is 1. The highest BCUT2D eigenvalue weighted by molar-refractivity contribution is 5.99. The Labute approximate surface area is 208 Å². The lowest BCUT2D eigenvalue weighted by atomic mass is 9.95. The van der Waals surface area contributed by atoms with Crippen LogP contribution in [0.1, 0.15) is 138 Å². The molecule has 0 spiro atoms. The van der Waals surface area contributed by atoms with Crippen LogP contribution in [0.4, 0.5) is 0 Å². The van der Waals surface area contributed by atoms with Crippen molar-refractivity contribution >= 4 is 16.7 Å². The molecule has 0 heterocycles. The molecule has 0 radical (unpaired) electrons. The van der Waals surface area contributed by atoms with E-state index in [1.165, 1.54) is 103 Å². The summed E-state index contributed by atoms with van der Waals surface area (Å²) in [5.41, 5.74) is 0.795. The third-order valence-corrected chi connectivity index (χ3v) is 7.14. The van der Waals surface area contributed by atoms with Crippen molar-refractivity contribution < 1.29 is 15.0 Å². The summed E-state index contributed by atoms with van der Waals surface area (Å²) < 4.78 is 0. The second kappa shape index (κ2) is 17.4. The summed E-state index contributed by atoms with van der Waals surface area (Å²) in [6, 6.07) is 9.32. The summed E-state index contributed by atoms with van der Waals surface area (Å²) in [6.07, 6.45) is 24.9. The Kier molecular flexibility index (Phi) is 14.4. The molecule has 0 amide bonds. The Balaban J connectivity index is 1.49. The second-order valence-electron chi connectivity index (χ2n) is 10.0. The van der Waals surface area contributed by atoms with Crippen molar-refractivity contribution in [1.29, 1.82) is 0 Å². The summed E-state index contributed by atoms with van der Waals surface area (Å²) in [4.78, 5) is 11.5. The second-order valence-corrected chi connectivity index (χ2v) is 10.0. The van der Waals surface area contributed by atoms with Crippen LogP contribution in [0, 0.1) is 0 Å². The molecule has 0 saturated carbocycles. The number of rotatable bonds is 20. The molecule has 0 aliphatic rings. The van der Waals surface area contributed by atoms with E-state index in [-0.39, 0.29) is 11.3 Å². The molecule has 3 heteroatoms. The van der Waals surface area contributed by atoms with Crippen LogP contribution in [-0.2, 0) is 6.42 Å². The van der Waals surface area contributed by atoms with Crippen LogP contribution in [0.15, 0.2) is 30.3 Å². The number of aromatic hydroxyl groups is 1. The molecular weight excluding hydrogens is 420 g/mol. The molecule has 0 bridgehead atoms. The smallest absolute Gasteiger partial charge is 0.339 e. The van der Waals surface area contributed by atoms with Crippen molar-refractivity contribution in [1.82, 2.24) is 0 Å². The third kappa shape index (κ3) is 10.5. The minimum absolute atomic E-state index is 0.0103. The van der Waals surface area contributed by atoms with Gasteiger partial charge in [-0.25, -0.2) is 4.79 Å². The van der Waals surface area contributed by atoms with Crippen molar-refractivity contribution in [2.45, 2.75) is 129 Å². The maximum Gasteiger partial charge on any atom is 0.339 e. The number of hydrogen-bond donors (Lipinski definition) is 2. The Morgan fingerprint density at radius 2 is 1.12 bits per heavy atom. The third-order valence-electron chi connectivity index (χ3n) is 7.14. The Hall–Kier alpha value is -2.03. The maximum absolute atomic E-state index is 11.5. The highest BCUT2D eigenvalue weighted by Gasteiger charge is 2.16. The van der Waals surface area contributed by atoms with Gasteiger partial charge in [0.05, 0.1) is 0 Å². The SMILES string of the molecule is CCCCCCCCCCCCCCCCCCCCc1c(O)c(C(=O)O)cc2ccccc12. The molecule has 0 aliphatic carbocycles. The molecule has 2 aromatic carbocycles. The van der Waals surface area contributed by atoms with Crippen LogP contribution in [0.5, 0.6) is 5.75 Å². The van der Waals surface area contributed by atoms with Gasteiger partial charge in [0.25, 0.3) is 0 Å². The van der Waals surface area contributed by atoms with E-state index >= 15 is 0 Å². The fourth-order valence-corrected chi connectivity index (χ4v) is 5.03. The largest absolute Gasteiger partial charge is 0.507 e. The number of aryl methyl sites for hydroxylation is 1. The van der Waals surface area contributed by atoms with Crippen LogP contribution >= 0.6 is 0 Å². The summed E-state index contributed by atoms with van der Waals surface area (Å²) >= 11 is 0. The molecule has 34 heavy (non-hydrogen) atoms. The van der Waals surface area contributed by atoms with Crippen molar-refractivity contribution in [2.75, 3.05) is 0 Å². The van der Waals surface area contributed by atoms with Gasteiger partial charge in [0, 0.05) is 5.56 Å². The fourth-order valence-electron chi connectivity index (χ4n) is 5.03. The van der Waals surface area contributed by atoms with E-state index in [1.54, 1.807) is 6.07 Å². The first-order valence-corrected chi connectivity index (χ1v) is 14.1. The lowest BCUT2D eigenvalue weighted by Gasteiger charge is -2.12. The quantitative estimate of drug-likeness (QED) is 0.190. The van der Waals surface area contributed by atoms with Gasteiger partial charge in [-0.3, -0.25) is 0 Å². The zero-order chi connectivity index (χ0) is 24.4. The van der Waals surface area contributed by atoms with E-state index in [0.29, 0.717) is 0 Å². The minimum Gasteiger partial charge on any atom is -0.507 e. The summed E-state index contributed by atoms with van der Waals surface area (Å²) in [5.74, 6) is -1.12. The van der Waals surface area contributed by atoms with Gasteiger partial charge in [-0.15, -0.1) is 0 Å². The highest BCUT2D eigenvalue weighted by Crippen LogP contribution is 2.33. The lowest BCUT2D eigenvalue weighted by molar-refractivity contribution is 0.0693. The summed E-state index contributed by atoms with van der Waals surface area (Å²) in [7, 11) is 0. The van der Waals surface area contributed by atoms with Crippen molar-refractivity contribution in [3.05, 3.63) is 41.5 Å². The zero-order valence-corrected chi connectivity index (χ0v) is 21.6. The topological polar surface area (TPSA) is 57.5 Å². The summed E-state index contributed by atoms with van der Waals surface area (Å²) in [6.45, 7) is 2.28. The van der Waals surface area contributed by atoms with Crippen molar-refractivity contribution in [3.8, 4) is 5.75 Å². The molecule has 190 valence electrons. The van der Waals surface area contributed by atoms with Gasteiger partial charge in [0.2, 0.25) is 0 Å². The first kappa shape index (κ1) is 28.2. The normalized spacial score (nSPS) is 11.3. The van der Waals surface area contributed by atoms with Gasteiger partial charge < -0.3 is 10.2 Å². The molecule has 0 unspecified atom stereocenters. The monoisotopic (exact) mass is 468 g/mol. The zero-order valence-electron chi connectivity index (χ0n) is 21.6. The Bertz CT molecular complexity index is 827. The van der Waals surface area contributed by atoms with Crippen LogP contribution in [-0.4, -0.2) is 16.2 Å². The van der Waals surface area contributed by atoms with Crippen LogP contribution in [0.2, 0.25) is 0 Å². The van der Waals surface area contributed by atoms with Crippen LogP contribution in [0.25, 0.3) is 10.8 Å². The van der Waals surface area contributed by atoms with E-state index in [9.17, 15) is 15.0 Å². The molecule has 3 nitrogen and oxygen atoms in total. The van der Waals surface area contributed by atoms with Gasteiger partial charge in [0.15, 0.2) is 0 Å². The molecule has 2 aromatic rings. The molecule has 2 N–H and O–H groups in total. The molecule has 0 aromatic heterocycles. The minimum atomic E-state index is -1.07. The number of carbonyl (C=O) groups is 1. The number of phenols is 1. The molecular formula is C31H48O3. The van der Waals surface area contributed by atoms with Gasteiger partial charge in [-0.2, -0.15) is 0 Å². The van der Waals surface area contributed by atoms with Gasteiger partial charge in [-0.1, -0.05) is 140 Å². The number of benzene rings is 2. The van der Waals surface area contributed by atoms with E-state index < -0.39 is 5.97 Å². The first-order valence-electron chi connectivity index (χ1n) is 14.1. The molecule has 0 atom stereocenters. The van der Waals surface area contributed by atoms with Gasteiger partial charge in [-0.05, 0) is 29.7 Å². The van der Waals surface area contributed by atoms with Crippen LogP contribution < -0.4 is 0 Å². The number of carboxylic acids is 1. The van der Waals surface area contributed by atoms with E-state index in [1.807, 2.05) is 24.3 Å².